The van der Waals surface area contributed by atoms with Crippen LogP contribution in [-0.4, -0.2) is 47.6 Å². The molecule has 3 rings (SSSR count). The lowest BCUT2D eigenvalue weighted by Crippen LogP contribution is -2.47. The predicted molar refractivity (Wildman–Crippen MR) is 99.0 cm³/mol. The van der Waals surface area contributed by atoms with Crippen LogP contribution in [0.2, 0.25) is 5.02 Å². The quantitative estimate of drug-likeness (QED) is 0.840. The second-order valence-electron chi connectivity index (χ2n) is 7.26. The predicted octanol–water partition coefficient (Wildman–Crippen LogP) is 4.19. The van der Waals surface area contributed by atoms with Gasteiger partial charge in [0.25, 0.3) is 0 Å². The average molecular weight is 400 g/mol. The smallest absolute Gasteiger partial charge is 0.366 e. The van der Waals surface area contributed by atoms with Crippen LogP contribution < -0.4 is 4.90 Å². The minimum Gasteiger partial charge on any atom is -0.366 e. The summed E-state index contributed by atoms with van der Waals surface area (Å²) in [6.07, 6.45) is -4.73. The number of nitriles is 1. The average Bonchev–Trinajstić information content (AvgIpc) is 2.87. The van der Waals surface area contributed by atoms with E-state index >= 15 is 0 Å². The van der Waals surface area contributed by atoms with E-state index in [1.54, 1.807) is 13.0 Å². The van der Waals surface area contributed by atoms with Gasteiger partial charge < -0.3 is 9.88 Å². The number of aromatic nitrogens is 2. The molecule has 0 amide bonds. The van der Waals surface area contributed by atoms with Crippen molar-refractivity contribution in [2.45, 2.75) is 26.9 Å². The van der Waals surface area contributed by atoms with E-state index in [0.29, 0.717) is 30.2 Å². The van der Waals surface area contributed by atoms with Crippen molar-refractivity contribution in [2.24, 2.45) is 5.92 Å². The number of aryl methyl sites for hydroxylation is 1. The molecule has 0 radical (unpaired) electrons. The monoisotopic (exact) mass is 399 g/mol. The van der Waals surface area contributed by atoms with Crippen LogP contribution in [0, 0.1) is 24.2 Å². The molecule has 9 heteroatoms. The van der Waals surface area contributed by atoms with Gasteiger partial charge in [0, 0.05) is 38.4 Å². The lowest BCUT2D eigenvalue weighted by atomic mass is 10.1. The number of hydrogen-bond donors (Lipinski definition) is 1. The molecule has 0 spiro atoms. The van der Waals surface area contributed by atoms with Crippen LogP contribution in [0.5, 0.6) is 0 Å². The lowest BCUT2D eigenvalue weighted by Gasteiger charge is -2.37. The van der Waals surface area contributed by atoms with Gasteiger partial charge in [0.05, 0.1) is 16.2 Å². The zero-order valence-corrected chi connectivity index (χ0v) is 16.2. The van der Waals surface area contributed by atoms with Crippen molar-refractivity contribution < 1.29 is 13.2 Å². The molecule has 2 aromatic rings. The van der Waals surface area contributed by atoms with Gasteiger partial charge in [0.15, 0.2) is 5.69 Å². The number of pyridine rings is 1. The largest absolute Gasteiger partial charge is 0.434 e. The number of fused-ring (bicyclic) bond motifs is 1. The highest BCUT2D eigenvalue weighted by molar-refractivity contribution is 6.36. The molecule has 146 valence electrons. The maximum Gasteiger partial charge on any atom is 0.434 e. The summed E-state index contributed by atoms with van der Waals surface area (Å²) in [4.78, 5) is 10.8. The van der Waals surface area contributed by atoms with E-state index in [4.69, 9.17) is 11.6 Å². The summed E-state index contributed by atoms with van der Waals surface area (Å²) in [5.41, 5.74) is -0.418. The SMILES string of the molecule is Cc1[nH]c2c(N3CCN(CC(C)C)CC3)c(C#N)c(C(F)(F)F)nc2c1Cl. The Kier molecular flexibility index (Phi) is 5.28. The summed E-state index contributed by atoms with van der Waals surface area (Å²) in [5.74, 6) is 0.514. The first kappa shape index (κ1) is 19.8. The van der Waals surface area contributed by atoms with Crippen molar-refractivity contribution in [3.05, 3.63) is 22.0 Å². The first-order valence-electron chi connectivity index (χ1n) is 8.79. The molecule has 0 unspecified atom stereocenters. The molecule has 1 fully saturated rings. The van der Waals surface area contributed by atoms with Gasteiger partial charge in [-0.05, 0) is 12.8 Å². The number of anilines is 1. The molecule has 5 nitrogen and oxygen atoms in total. The molecule has 27 heavy (non-hydrogen) atoms. The molecule has 0 bridgehead atoms. The third-order valence-corrected chi connectivity index (χ3v) is 5.18. The highest BCUT2D eigenvalue weighted by atomic mass is 35.5. The summed E-state index contributed by atoms with van der Waals surface area (Å²) in [6, 6.07) is 1.73. The number of H-pyrrole nitrogens is 1. The van der Waals surface area contributed by atoms with Crippen molar-refractivity contribution >= 4 is 28.3 Å². The minimum atomic E-state index is -4.73. The van der Waals surface area contributed by atoms with Gasteiger partial charge in [-0.3, -0.25) is 4.90 Å². The van der Waals surface area contributed by atoms with Gasteiger partial charge >= 0.3 is 6.18 Å². The van der Waals surface area contributed by atoms with Gasteiger partial charge in [0.1, 0.15) is 17.1 Å². The van der Waals surface area contributed by atoms with Crippen LogP contribution in [-0.2, 0) is 6.18 Å². The van der Waals surface area contributed by atoms with Crippen molar-refractivity contribution in [1.82, 2.24) is 14.9 Å². The zero-order chi connectivity index (χ0) is 19.9. The second kappa shape index (κ2) is 7.21. The van der Waals surface area contributed by atoms with Gasteiger partial charge in [-0.15, -0.1) is 0 Å². The normalized spacial score (nSPS) is 16.3. The van der Waals surface area contributed by atoms with Gasteiger partial charge in [-0.1, -0.05) is 25.4 Å². The van der Waals surface area contributed by atoms with E-state index in [9.17, 15) is 18.4 Å². The standard InChI is InChI=1S/C18H21ClF3N5/c1-10(2)9-26-4-6-27(7-5-26)16-12(8-23)17(18(20,21)22)25-14-13(19)11(3)24-15(14)16/h10,24H,4-7,9H2,1-3H3. The van der Waals surface area contributed by atoms with Gasteiger partial charge in [-0.25, -0.2) is 4.98 Å². The maximum absolute atomic E-state index is 13.6. The van der Waals surface area contributed by atoms with Crippen molar-refractivity contribution in [3.8, 4) is 6.07 Å². The fraction of sp³-hybridized carbons (Fsp3) is 0.556. The van der Waals surface area contributed by atoms with Crippen molar-refractivity contribution in [2.75, 3.05) is 37.6 Å². The third kappa shape index (κ3) is 3.71. The number of aromatic amines is 1. The number of nitrogens with zero attached hydrogens (tertiary/aromatic N) is 4. The fourth-order valence-corrected chi connectivity index (χ4v) is 3.75. The Balaban J connectivity index is 2.11. The number of nitrogens with one attached hydrogen (secondary N) is 1. The minimum absolute atomic E-state index is 0.0556. The highest BCUT2D eigenvalue weighted by Gasteiger charge is 2.39. The van der Waals surface area contributed by atoms with Gasteiger partial charge in [0.2, 0.25) is 0 Å². The molecule has 2 aromatic heterocycles. The Hall–Kier alpha value is -1.98. The summed E-state index contributed by atoms with van der Waals surface area (Å²) in [6.45, 7) is 9.39. The molecule has 1 saturated heterocycles. The summed E-state index contributed by atoms with van der Waals surface area (Å²) >= 11 is 6.18. The Morgan fingerprint density at radius 1 is 1.26 bits per heavy atom. The van der Waals surface area contributed by atoms with E-state index < -0.39 is 17.4 Å². The van der Waals surface area contributed by atoms with Crippen LogP contribution in [0.4, 0.5) is 18.9 Å². The van der Waals surface area contributed by atoms with Crippen LogP contribution >= 0.6 is 11.6 Å². The molecular formula is C18H21ClF3N5. The number of rotatable bonds is 3. The fourth-order valence-electron chi connectivity index (χ4n) is 3.57. The first-order valence-corrected chi connectivity index (χ1v) is 9.17. The molecule has 3 heterocycles. The molecule has 0 aromatic carbocycles. The molecule has 1 N–H and O–H groups in total. The molecule has 1 aliphatic heterocycles. The van der Waals surface area contributed by atoms with E-state index in [2.05, 4.69) is 28.7 Å². The summed E-state index contributed by atoms with van der Waals surface area (Å²) in [5, 5.41) is 9.68. The molecule has 0 aliphatic carbocycles. The Morgan fingerprint density at radius 2 is 1.89 bits per heavy atom. The summed E-state index contributed by atoms with van der Waals surface area (Å²) < 4.78 is 40.7. The van der Waals surface area contributed by atoms with Crippen LogP contribution in [0.1, 0.15) is 30.8 Å². The number of halogens is 4. The van der Waals surface area contributed by atoms with E-state index in [1.807, 2.05) is 4.90 Å². The Bertz CT molecular complexity index is 889. The van der Waals surface area contributed by atoms with E-state index in [1.165, 1.54) is 0 Å². The second-order valence-corrected chi connectivity index (χ2v) is 7.64. The molecule has 1 aliphatic rings. The maximum atomic E-state index is 13.6. The van der Waals surface area contributed by atoms with Crippen molar-refractivity contribution in [3.63, 3.8) is 0 Å². The Morgan fingerprint density at radius 3 is 2.41 bits per heavy atom. The third-order valence-electron chi connectivity index (χ3n) is 4.71. The number of piperazine rings is 1. The van der Waals surface area contributed by atoms with Crippen LogP contribution in [0.3, 0.4) is 0 Å². The van der Waals surface area contributed by atoms with Crippen LogP contribution in [0.25, 0.3) is 11.0 Å². The lowest BCUT2D eigenvalue weighted by molar-refractivity contribution is -0.141. The van der Waals surface area contributed by atoms with Gasteiger partial charge in [-0.2, -0.15) is 18.4 Å². The van der Waals surface area contributed by atoms with Crippen molar-refractivity contribution in [1.29, 1.82) is 5.26 Å². The highest BCUT2D eigenvalue weighted by Crippen LogP contribution is 2.41. The molecule has 0 saturated carbocycles. The molecular weight excluding hydrogens is 379 g/mol. The van der Waals surface area contributed by atoms with E-state index in [0.717, 1.165) is 19.6 Å². The van der Waals surface area contributed by atoms with Crippen LogP contribution in [0.15, 0.2) is 0 Å². The number of hydrogen-bond acceptors (Lipinski definition) is 4. The first-order chi connectivity index (χ1) is 12.6. The zero-order valence-electron chi connectivity index (χ0n) is 15.4. The number of alkyl halides is 3. The Labute approximate surface area is 160 Å². The van der Waals surface area contributed by atoms with E-state index in [-0.39, 0.29) is 16.2 Å². The molecule has 0 atom stereocenters. The summed E-state index contributed by atoms with van der Waals surface area (Å²) in [7, 11) is 0. The topological polar surface area (TPSA) is 59.0 Å².